The van der Waals surface area contributed by atoms with Crippen molar-refractivity contribution in [1.82, 2.24) is 4.90 Å². The second kappa shape index (κ2) is 4.55. The Labute approximate surface area is 106 Å². The minimum atomic E-state index is 0.460. The van der Waals surface area contributed by atoms with Crippen LogP contribution in [0, 0.1) is 17.3 Å². The predicted molar refractivity (Wildman–Crippen MR) is 71.8 cm³/mol. The molecule has 1 heterocycles. The zero-order chi connectivity index (χ0) is 11.9. The summed E-state index contributed by atoms with van der Waals surface area (Å²) in [6.07, 6.45) is 10.0. The van der Waals surface area contributed by atoms with Gasteiger partial charge in [0.25, 0.3) is 0 Å². The molecule has 0 aromatic carbocycles. The summed E-state index contributed by atoms with van der Waals surface area (Å²) in [6, 6.07) is 0.917. The van der Waals surface area contributed by atoms with Crippen molar-refractivity contribution in [2.75, 3.05) is 19.6 Å². The summed E-state index contributed by atoms with van der Waals surface area (Å²) >= 11 is 0. The van der Waals surface area contributed by atoms with Gasteiger partial charge in [-0.2, -0.15) is 0 Å². The lowest BCUT2D eigenvalue weighted by molar-refractivity contribution is 0.0716. The van der Waals surface area contributed by atoms with Crippen molar-refractivity contribution in [2.24, 2.45) is 23.0 Å². The second-order valence-corrected chi connectivity index (χ2v) is 7.17. The Bertz CT molecular complexity index is 278. The molecule has 2 heteroatoms. The molecule has 4 atom stereocenters. The van der Waals surface area contributed by atoms with E-state index in [0.717, 1.165) is 24.4 Å². The fraction of sp³-hybridized carbons (Fsp3) is 1.00. The zero-order valence-electron chi connectivity index (χ0n) is 11.3. The molecule has 0 radical (unpaired) electrons. The predicted octanol–water partition coefficient (Wildman–Crippen LogP) is 2.63. The van der Waals surface area contributed by atoms with Crippen LogP contribution in [0.5, 0.6) is 0 Å². The van der Waals surface area contributed by atoms with Crippen LogP contribution in [0.15, 0.2) is 0 Å². The fourth-order valence-electron chi connectivity index (χ4n) is 4.81. The molecule has 1 saturated heterocycles. The molecular weight excluding hydrogens is 208 g/mol. The number of nitrogens with zero attached hydrogens (tertiary/aromatic N) is 1. The average Bonchev–Trinajstić information content (AvgIpc) is 2.91. The van der Waals surface area contributed by atoms with E-state index in [4.69, 9.17) is 5.73 Å². The Kier molecular flexibility index (Phi) is 3.20. The quantitative estimate of drug-likeness (QED) is 0.816. The van der Waals surface area contributed by atoms with E-state index in [0.29, 0.717) is 5.41 Å². The zero-order valence-corrected chi connectivity index (χ0v) is 11.3. The Morgan fingerprint density at radius 3 is 2.76 bits per heavy atom. The normalized spacial score (nSPS) is 46.6. The molecule has 2 bridgehead atoms. The monoisotopic (exact) mass is 236 g/mol. The summed E-state index contributed by atoms with van der Waals surface area (Å²) in [5.41, 5.74) is 6.61. The highest BCUT2D eigenvalue weighted by molar-refractivity contribution is 4.97. The smallest absolute Gasteiger partial charge is 0.00988 e. The van der Waals surface area contributed by atoms with E-state index in [-0.39, 0.29) is 0 Å². The topological polar surface area (TPSA) is 29.3 Å². The van der Waals surface area contributed by atoms with E-state index in [9.17, 15) is 0 Å². The maximum atomic E-state index is 6.15. The molecule has 2 N–H and O–H groups in total. The van der Waals surface area contributed by atoms with Crippen LogP contribution in [0.1, 0.15) is 51.9 Å². The van der Waals surface area contributed by atoms with Gasteiger partial charge in [0.1, 0.15) is 0 Å². The van der Waals surface area contributed by atoms with Crippen molar-refractivity contribution in [3.05, 3.63) is 0 Å². The number of fused-ring (bicyclic) bond motifs is 2. The third-order valence-electron chi connectivity index (χ3n) is 5.68. The van der Waals surface area contributed by atoms with Crippen molar-refractivity contribution in [2.45, 2.75) is 57.9 Å². The average molecular weight is 236 g/mol. The van der Waals surface area contributed by atoms with Crippen LogP contribution < -0.4 is 5.73 Å². The molecule has 4 unspecified atom stereocenters. The Morgan fingerprint density at radius 1 is 1.29 bits per heavy atom. The molecule has 98 valence electrons. The molecule has 0 aromatic rings. The first-order valence-electron chi connectivity index (χ1n) is 7.65. The van der Waals surface area contributed by atoms with Crippen molar-refractivity contribution >= 4 is 0 Å². The Balaban J connectivity index is 1.65. The molecule has 1 aliphatic heterocycles. The number of piperidine rings is 1. The van der Waals surface area contributed by atoms with E-state index in [1.165, 1.54) is 58.0 Å². The SMILES string of the molecule is CC1CCCC(CN)(CN2CC3CCC2C3)C1. The first-order valence-corrected chi connectivity index (χ1v) is 7.65. The van der Waals surface area contributed by atoms with Gasteiger partial charge in [-0.1, -0.05) is 19.8 Å². The summed E-state index contributed by atoms with van der Waals surface area (Å²) in [5.74, 6) is 1.92. The molecule has 3 aliphatic rings. The number of hydrogen-bond donors (Lipinski definition) is 1. The first-order chi connectivity index (χ1) is 8.21. The van der Waals surface area contributed by atoms with Gasteiger partial charge in [-0.25, -0.2) is 0 Å². The van der Waals surface area contributed by atoms with Crippen molar-refractivity contribution in [3.8, 4) is 0 Å². The van der Waals surface area contributed by atoms with Gasteiger partial charge in [0.05, 0.1) is 0 Å². The van der Waals surface area contributed by atoms with Crippen molar-refractivity contribution in [3.63, 3.8) is 0 Å². The van der Waals surface area contributed by atoms with E-state index in [1.807, 2.05) is 0 Å². The summed E-state index contributed by atoms with van der Waals surface area (Å²) in [7, 11) is 0. The van der Waals surface area contributed by atoms with Gasteiger partial charge in [0, 0.05) is 19.1 Å². The van der Waals surface area contributed by atoms with Crippen molar-refractivity contribution in [1.29, 1.82) is 0 Å². The van der Waals surface area contributed by atoms with Crippen LogP contribution in [-0.4, -0.2) is 30.6 Å². The van der Waals surface area contributed by atoms with Gasteiger partial charge in [0.2, 0.25) is 0 Å². The maximum Gasteiger partial charge on any atom is 0.00988 e. The number of rotatable bonds is 3. The maximum absolute atomic E-state index is 6.15. The molecule has 3 rings (SSSR count). The first kappa shape index (κ1) is 12.0. The summed E-state index contributed by atoms with van der Waals surface area (Å²) in [5, 5.41) is 0. The van der Waals surface area contributed by atoms with Crippen LogP contribution in [0.3, 0.4) is 0 Å². The number of likely N-dealkylation sites (tertiary alicyclic amines) is 1. The molecule has 17 heavy (non-hydrogen) atoms. The van der Waals surface area contributed by atoms with Crippen LogP contribution >= 0.6 is 0 Å². The van der Waals surface area contributed by atoms with Gasteiger partial charge < -0.3 is 5.73 Å². The van der Waals surface area contributed by atoms with Gasteiger partial charge >= 0.3 is 0 Å². The van der Waals surface area contributed by atoms with Gasteiger partial charge in [-0.15, -0.1) is 0 Å². The molecule has 0 amide bonds. The lowest BCUT2D eigenvalue weighted by atomic mass is 9.69. The molecule has 0 spiro atoms. The summed E-state index contributed by atoms with van der Waals surface area (Å²) < 4.78 is 0. The largest absolute Gasteiger partial charge is 0.330 e. The van der Waals surface area contributed by atoms with Crippen LogP contribution in [0.25, 0.3) is 0 Å². The van der Waals surface area contributed by atoms with E-state index in [1.54, 1.807) is 0 Å². The molecule has 2 nitrogen and oxygen atoms in total. The van der Waals surface area contributed by atoms with E-state index in [2.05, 4.69) is 11.8 Å². The van der Waals surface area contributed by atoms with Crippen LogP contribution in [0.2, 0.25) is 0 Å². The Hall–Kier alpha value is -0.0800. The molecular formula is C15H28N2. The minimum absolute atomic E-state index is 0.460. The van der Waals surface area contributed by atoms with E-state index >= 15 is 0 Å². The van der Waals surface area contributed by atoms with Crippen molar-refractivity contribution < 1.29 is 0 Å². The number of nitrogens with two attached hydrogens (primary N) is 1. The van der Waals surface area contributed by atoms with Gasteiger partial charge in [0.15, 0.2) is 0 Å². The minimum Gasteiger partial charge on any atom is -0.330 e. The number of hydrogen-bond acceptors (Lipinski definition) is 2. The lowest BCUT2D eigenvalue weighted by Gasteiger charge is -2.43. The third-order valence-corrected chi connectivity index (χ3v) is 5.68. The standard InChI is InChI=1S/C15H28N2/c1-12-3-2-6-15(8-12,10-16)11-17-9-13-4-5-14(17)7-13/h12-14H,2-11,16H2,1H3. The van der Waals surface area contributed by atoms with Crippen LogP contribution in [0.4, 0.5) is 0 Å². The van der Waals surface area contributed by atoms with Gasteiger partial charge in [-0.05, 0) is 55.9 Å². The lowest BCUT2D eigenvalue weighted by Crippen LogP contribution is -2.47. The molecule has 2 saturated carbocycles. The van der Waals surface area contributed by atoms with Gasteiger partial charge in [-0.3, -0.25) is 4.90 Å². The second-order valence-electron chi connectivity index (χ2n) is 7.17. The molecule has 3 fully saturated rings. The highest BCUT2D eigenvalue weighted by Crippen LogP contribution is 2.43. The highest BCUT2D eigenvalue weighted by Gasteiger charge is 2.42. The highest BCUT2D eigenvalue weighted by atomic mass is 15.2. The summed E-state index contributed by atoms with van der Waals surface area (Å²) in [4.78, 5) is 2.79. The fourth-order valence-corrected chi connectivity index (χ4v) is 4.81. The molecule has 0 aromatic heterocycles. The van der Waals surface area contributed by atoms with E-state index < -0.39 is 0 Å². The Morgan fingerprint density at radius 2 is 2.18 bits per heavy atom. The van der Waals surface area contributed by atoms with Crippen LogP contribution in [-0.2, 0) is 0 Å². The summed E-state index contributed by atoms with van der Waals surface area (Å²) in [6.45, 7) is 6.00. The molecule has 2 aliphatic carbocycles. The third kappa shape index (κ3) is 2.26.